The molecule has 1 aromatic carbocycles. The number of hydrogen-bond acceptors (Lipinski definition) is 5. The second kappa shape index (κ2) is 9.47. The zero-order chi connectivity index (χ0) is 19.8. The minimum atomic E-state index is -0.513. The van der Waals surface area contributed by atoms with E-state index in [1.165, 1.54) is 18.3 Å². The number of carbonyl (C=O) groups excluding carboxylic acids is 3. The van der Waals surface area contributed by atoms with Crippen LogP contribution < -0.4 is 5.32 Å². The van der Waals surface area contributed by atoms with Crippen molar-refractivity contribution < 1.29 is 19.1 Å². The van der Waals surface area contributed by atoms with Crippen LogP contribution in [-0.4, -0.2) is 47.4 Å². The summed E-state index contributed by atoms with van der Waals surface area (Å²) < 4.78 is 5.01. The smallest absolute Gasteiger partial charge is 0.340 e. The van der Waals surface area contributed by atoms with Gasteiger partial charge in [-0.3, -0.25) is 14.6 Å². The van der Waals surface area contributed by atoms with Gasteiger partial charge in [-0.2, -0.15) is 0 Å². The molecule has 0 fully saturated rings. The van der Waals surface area contributed by atoms with Crippen molar-refractivity contribution in [2.24, 2.45) is 0 Å². The van der Waals surface area contributed by atoms with Crippen LogP contribution in [0.4, 0.5) is 5.69 Å². The maximum atomic E-state index is 12.6. The molecule has 0 aliphatic rings. The molecule has 1 aromatic heterocycles. The van der Waals surface area contributed by atoms with Crippen molar-refractivity contribution >= 4 is 23.5 Å². The van der Waals surface area contributed by atoms with E-state index in [9.17, 15) is 14.4 Å². The Bertz CT molecular complexity index is 831. The Balaban J connectivity index is 2.24. The number of nitrogens with one attached hydrogen (secondary N) is 1. The maximum Gasteiger partial charge on any atom is 0.340 e. The number of carbonyl (C=O) groups is 3. The number of para-hydroxylation sites is 1. The summed E-state index contributed by atoms with van der Waals surface area (Å²) in [5, 5.41) is 2.70. The van der Waals surface area contributed by atoms with Crippen LogP contribution in [0.2, 0.25) is 0 Å². The minimum Gasteiger partial charge on any atom is -0.462 e. The number of hydrogen-bond donors (Lipinski definition) is 1. The molecule has 0 radical (unpaired) electrons. The Morgan fingerprint density at radius 1 is 1.07 bits per heavy atom. The van der Waals surface area contributed by atoms with Gasteiger partial charge in [-0.1, -0.05) is 12.1 Å². The van der Waals surface area contributed by atoms with Crippen molar-refractivity contribution in [3.8, 4) is 0 Å². The van der Waals surface area contributed by atoms with Gasteiger partial charge in [-0.15, -0.1) is 0 Å². The molecule has 0 atom stereocenters. The first-order valence-corrected chi connectivity index (χ1v) is 8.84. The van der Waals surface area contributed by atoms with E-state index < -0.39 is 11.9 Å². The molecular weight excluding hydrogens is 346 g/mol. The average molecular weight is 369 g/mol. The van der Waals surface area contributed by atoms with Gasteiger partial charge in [-0.05, 0) is 45.0 Å². The lowest BCUT2D eigenvalue weighted by atomic mass is 10.1. The topological polar surface area (TPSA) is 88.6 Å². The second-order valence-corrected chi connectivity index (χ2v) is 5.63. The van der Waals surface area contributed by atoms with Gasteiger partial charge in [0.05, 0.1) is 17.9 Å². The molecule has 0 saturated heterocycles. The number of rotatable bonds is 7. The first-order chi connectivity index (χ1) is 13.0. The Kier molecular flexibility index (Phi) is 7.05. The lowest BCUT2D eigenvalue weighted by molar-refractivity contribution is 0.0527. The summed E-state index contributed by atoms with van der Waals surface area (Å²) >= 11 is 0. The quantitative estimate of drug-likeness (QED) is 0.758. The van der Waals surface area contributed by atoms with E-state index in [0.717, 1.165) is 0 Å². The van der Waals surface area contributed by atoms with Crippen LogP contribution in [0.1, 0.15) is 52.0 Å². The standard InChI is InChI=1S/C20H23N3O4/c1-4-23(5-2)19(25)17-13-14(11-12-21-17)18(24)22-16-10-8-7-9-15(16)20(26)27-6-3/h7-13H,4-6H2,1-3H3,(H,22,24). The number of pyridine rings is 1. The highest BCUT2D eigenvalue weighted by Crippen LogP contribution is 2.18. The van der Waals surface area contributed by atoms with Gasteiger partial charge in [0.2, 0.25) is 0 Å². The molecule has 0 aliphatic heterocycles. The van der Waals surface area contributed by atoms with E-state index in [-0.39, 0.29) is 29.3 Å². The van der Waals surface area contributed by atoms with E-state index in [0.29, 0.717) is 18.8 Å². The number of esters is 1. The molecule has 2 aromatic rings. The molecule has 142 valence electrons. The van der Waals surface area contributed by atoms with Crippen molar-refractivity contribution in [2.45, 2.75) is 20.8 Å². The largest absolute Gasteiger partial charge is 0.462 e. The molecular formula is C20H23N3O4. The van der Waals surface area contributed by atoms with Crippen LogP contribution in [0.3, 0.4) is 0 Å². The Morgan fingerprint density at radius 3 is 2.44 bits per heavy atom. The summed E-state index contributed by atoms with van der Waals surface area (Å²) in [5.74, 6) is -1.19. The van der Waals surface area contributed by atoms with E-state index >= 15 is 0 Å². The number of nitrogens with zero attached hydrogens (tertiary/aromatic N) is 2. The Labute approximate surface area is 158 Å². The Morgan fingerprint density at radius 2 is 1.78 bits per heavy atom. The fourth-order valence-corrected chi connectivity index (χ4v) is 2.53. The number of benzene rings is 1. The summed E-state index contributed by atoms with van der Waals surface area (Å²) in [5.41, 5.74) is 1.08. The van der Waals surface area contributed by atoms with Crippen molar-refractivity contribution in [1.29, 1.82) is 0 Å². The van der Waals surface area contributed by atoms with E-state index in [1.807, 2.05) is 13.8 Å². The molecule has 0 bridgehead atoms. The van der Waals surface area contributed by atoms with Gasteiger partial charge in [0.1, 0.15) is 5.69 Å². The zero-order valence-electron chi connectivity index (χ0n) is 15.7. The van der Waals surface area contributed by atoms with Gasteiger partial charge in [0.15, 0.2) is 0 Å². The van der Waals surface area contributed by atoms with Gasteiger partial charge < -0.3 is 15.0 Å². The molecule has 0 unspecified atom stereocenters. The molecule has 0 aliphatic carbocycles. The van der Waals surface area contributed by atoms with Crippen LogP contribution in [0, 0.1) is 0 Å². The molecule has 27 heavy (non-hydrogen) atoms. The molecule has 2 rings (SSSR count). The number of aromatic nitrogens is 1. The molecule has 1 heterocycles. The van der Waals surface area contributed by atoms with Crippen LogP contribution in [0.25, 0.3) is 0 Å². The predicted molar refractivity (Wildman–Crippen MR) is 102 cm³/mol. The van der Waals surface area contributed by atoms with Gasteiger partial charge in [0, 0.05) is 24.8 Å². The third kappa shape index (κ3) is 4.91. The lowest BCUT2D eigenvalue weighted by Crippen LogP contribution is -2.31. The molecule has 0 spiro atoms. The average Bonchev–Trinajstić information content (AvgIpc) is 2.69. The second-order valence-electron chi connectivity index (χ2n) is 5.63. The van der Waals surface area contributed by atoms with Crippen LogP contribution in [-0.2, 0) is 4.74 Å². The van der Waals surface area contributed by atoms with Crippen LogP contribution in [0.15, 0.2) is 42.6 Å². The van der Waals surface area contributed by atoms with Crippen molar-refractivity contribution in [3.05, 3.63) is 59.4 Å². The van der Waals surface area contributed by atoms with Gasteiger partial charge >= 0.3 is 5.97 Å². The van der Waals surface area contributed by atoms with E-state index in [1.54, 1.807) is 36.1 Å². The highest BCUT2D eigenvalue weighted by molar-refractivity contribution is 6.08. The summed E-state index contributed by atoms with van der Waals surface area (Å²) in [6, 6.07) is 9.56. The molecule has 2 amide bonds. The predicted octanol–water partition coefficient (Wildman–Crippen LogP) is 2.99. The fourth-order valence-electron chi connectivity index (χ4n) is 2.53. The van der Waals surface area contributed by atoms with Crippen LogP contribution >= 0.6 is 0 Å². The first-order valence-electron chi connectivity index (χ1n) is 8.84. The molecule has 1 N–H and O–H groups in total. The minimum absolute atomic E-state index is 0.199. The highest BCUT2D eigenvalue weighted by atomic mass is 16.5. The lowest BCUT2D eigenvalue weighted by Gasteiger charge is -2.18. The third-order valence-electron chi connectivity index (χ3n) is 3.96. The van der Waals surface area contributed by atoms with Gasteiger partial charge in [0.25, 0.3) is 11.8 Å². The van der Waals surface area contributed by atoms with Crippen LogP contribution in [0.5, 0.6) is 0 Å². The van der Waals surface area contributed by atoms with E-state index in [4.69, 9.17) is 4.74 Å². The van der Waals surface area contributed by atoms with E-state index in [2.05, 4.69) is 10.3 Å². The normalized spacial score (nSPS) is 10.2. The first kappa shape index (κ1) is 20.1. The fraction of sp³-hybridized carbons (Fsp3) is 0.300. The number of ether oxygens (including phenoxy) is 1. The third-order valence-corrected chi connectivity index (χ3v) is 3.96. The highest BCUT2D eigenvalue weighted by Gasteiger charge is 2.18. The Hall–Kier alpha value is -3.22. The summed E-state index contributed by atoms with van der Waals surface area (Å²) in [6.45, 7) is 6.82. The summed E-state index contributed by atoms with van der Waals surface area (Å²) in [7, 11) is 0. The molecule has 0 saturated carbocycles. The molecule has 7 heteroatoms. The summed E-state index contributed by atoms with van der Waals surface area (Å²) in [4.78, 5) is 42.8. The summed E-state index contributed by atoms with van der Waals surface area (Å²) in [6.07, 6.45) is 1.42. The zero-order valence-corrected chi connectivity index (χ0v) is 15.7. The molecule has 7 nitrogen and oxygen atoms in total. The monoisotopic (exact) mass is 369 g/mol. The van der Waals surface area contributed by atoms with Crippen molar-refractivity contribution in [1.82, 2.24) is 9.88 Å². The van der Waals surface area contributed by atoms with Gasteiger partial charge in [-0.25, -0.2) is 4.79 Å². The van der Waals surface area contributed by atoms with Crippen molar-refractivity contribution in [3.63, 3.8) is 0 Å². The number of anilines is 1. The maximum absolute atomic E-state index is 12.6. The SMILES string of the molecule is CCOC(=O)c1ccccc1NC(=O)c1ccnc(C(=O)N(CC)CC)c1. The number of amides is 2. The van der Waals surface area contributed by atoms with Crippen molar-refractivity contribution in [2.75, 3.05) is 25.0 Å².